The first-order valence-corrected chi connectivity index (χ1v) is 9.63. The number of nitrogens with one attached hydrogen (secondary N) is 2. The summed E-state index contributed by atoms with van der Waals surface area (Å²) in [6.07, 6.45) is 1.59. The fourth-order valence-corrected chi connectivity index (χ4v) is 3.39. The molecule has 2 aromatic carbocycles. The summed E-state index contributed by atoms with van der Waals surface area (Å²) in [5, 5.41) is 6.89. The molecule has 0 saturated carbocycles. The van der Waals surface area contributed by atoms with E-state index in [9.17, 15) is 4.79 Å². The molecule has 1 aliphatic heterocycles. The van der Waals surface area contributed by atoms with Crippen LogP contribution in [-0.4, -0.2) is 36.7 Å². The lowest BCUT2D eigenvalue weighted by atomic mass is 10.1. The summed E-state index contributed by atoms with van der Waals surface area (Å²) in [7, 11) is 3.22. The number of methoxy groups -OCH3 is 2. The van der Waals surface area contributed by atoms with E-state index in [1.807, 2.05) is 29.2 Å². The van der Waals surface area contributed by atoms with Crippen molar-refractivity contribution in [2.24, 2.45) is 0 Å². The van der Waals surface area contributed by atoms with Crippen molar-refractivity contribution >= 4 is 28.9 Å². The van der Waals surface area contributed by atoms with Crippen molar-refractivity contribution in [2.45, 2.75) is 25.9 Å². The highest BCUT2D eigenvalue weighted by Gasteiger charge is 2.20. The molecule has 0 atom stereocenters. The summed E-state index contributed by atoms with van der Waals surface area (Å²) in [6.45, 7) is 2.05. The molecule has 2 aromatic rings. The van der Waals surface area contributed by atoms with Gasteiger partial charge in [0.1, 0.15) is 11.5 Å². The predicted octanol–water partition coefficient (Wildman–Crippen LogP) is 3.31. The van der Waals surface area contributed by atoms with Gasteiger partial charge in [0.25, 0.3) is 0 Å². The zero-order valence-corrected chi connectivity index (χ0v) is 17.0. The summed E-state index contributed by atoms with van der Waals surface area (Å²) in [4.78, 5) is 13.8. The molecule has 1 fully saturated rings. The lowest BCUT2D eigenvalue weighted by Gasteiger charge is -2.19. The largest absolute Gasteiger partial charge is 0.497 e. The normalized spacial score (nSPS) is 13.4. The number of amides is 1. The van der Waals surface area contributed by atoms with Crippen LogP contribution in [0, 0.1) is 0 Å². The number of thiocarbonyl (C=S) groups is 1. The fourth-order valence-electron chi connectivity index (χ4n) is 3.20. The van der Waals surface area contributed by atoms with E-state index in [0.29, 0.717) is 36.1 Å². The molecule has 28 heavy (non-hydrogen) atoms. The van der Waals surface area contributed by atoms with Crippen LogP contribution in [0.25, 0.3) is 0 Å². The first-order valence-electron chi connectivity index (χ1n) is 9.22. The minimum absolute atomic E-state index is 0.228. The van der Waals surface area contributed by atoms with Crippen LogP contribution in [0.2, 0.25) is 0 Å². The standard InChI is InChI=1S/C21H25N3O3S/c1-26-17-9-10-18(19(12-17)27-2)23-21(28)22-13-15-6-3-4-7-16(15)14-24-11-5-8-20(24)25/h3-4,6-7,9-10,12H,5,8,11,13-14H2,1-2H3,(H2,22,23,28). The van der Waals surface area contributed by atoms with Crippen molar-refractivity contribution in [3.63, 3.8) is 0 Å². The van der Waals surface area contributed by atoms with Gasteiger partial charge < -0.3 is 25.0 Å². The molecule has 0 aliphatic carbocycles. The molecular formula is C21H25N3O3S. The Balaban J connectivity index is 1.61. The summed E-state index contributed by atoms with van der Waals surface area (Å²) >= 11 is 5.44. The van der Waals surface area contributed by atoms with Gasteiger partial charge in [-0.25, -0.2) is 0 Å². The van der Waals surface area contributed by atoms with E-state index in [4.69, 9.17) is 21.7 Å². The topological polar surface area (TPSA) is 62.8 Å². The minimum atomic E-state index is 0.228. The van der Waals surface area contributed by atoms with E-state index < -0.39 is 0 Å². The molecule has 1 heterocycles. The summed E-state index contributed by atoms with van der Waals surface area (Å²) in [5.41, 5.74) is 3.01. The molecule has 0 bridgehead atoms. The first kappa shape index (κ1) is 19.9. The van der Waals surface area contributed by atoms with Crippen molar-refractivity contribution in [3.8, 4) is 11.5 Å². The van der Waals surface area contributed by atoms with E-state index in [1.165, 1.54) is 0 Å². The summed E-state index contributed by atoms with van der Waals surface area (Å²) in [6, 6.07) is 13.6. The number of ether oxygens (including phenoxy) is 2. The van der Waals surface area contributed by atoms with Crippen LogP contribution in [0.5, 0.6) is 11.5 Å². The van der Waals surface area contributed by atoms with E-state index in [2.05, 4.69) is 22.8 Å². The second kappa shape index (κ2) is 9.41. The molecule has 1 aliphatic rings. The Morgan fingerprint density at radius 2 is 1.93 bits per heavy atom. The SMILES string of the molecule is COc1ccc(NC(=S)NCc2ccccc2CN2CCCC2=O)c(OC)c1. The molecule has 0 radical (unpaired) electrons. The number of likely N-dealkylation sites (tertiary alicyclic amines) is 1. The monoisotopic (exact) mass is 399 g/mol. The maximum absolute atomic E-state index is 11.9. The molecule has 0 unspecified atom stereocenters. The number of nitrogens with zero attached hydrogens (tertiary/aromatic N) is 1. The maximum atomic E-state index is 11.9. The van der Waals surface area contributed by atoms with E-state index in [-0.39, 0.29) is 5.91 Å². The van der Waals surface area contributed by atoms with Crippen LogP contribution >= 0.6 is 12.2 Å². The molecular weight excluding hydrogens is 374 g/mol. The highest BCUT2D eigenvalue weighted by Crippen LogP contribution is 2.29. The Bertz CT molecular complexity index is 857. The highest BCUT2D eigenvalue weighted by molar-refractivity contribution is 7.80. The lowest BCUT2D eigenvalue weighted by Crippen LogP contribution is -2.29. The van der Waals surface area contributed by atoms with Crippen LogP contribution < -0.4 is 20.1 Å². The first-order chi connectivity index (χ1) is 13.6. The number of hydrogen-bond acceptors (Lipinski definition) is 4. The fraction of sp³-hybridized carbons (Fsp3) is 0.333. The molecule has 7 heteroatoms. The van der Waals surface area contributed by atoms with Crippen LogP contribution in [0.4, 0.5) is 5.69 Å². The van der Waals surface area contributed by atoms with Gasteiger partial charge in [-0.05, 0) is 41.9 Å². The van der Waals surface area contributed by atoms with Gasteiger partial charge in [0.2, 0.25) is 5.91 Å². The molecule has 148 valence electrons. The second-order valence-corrected chi connectivity index (χ2v) is 6.97. The molecule has 0 aromatic heterocycles. The number of carbonyl (C=O) groups is 1. The average Bonchev–Trinajstić information content (AvgIpc) is 3.12. The third-order valence-electron chi connectivity index (χ3n) is 4.75. The van der Waals surface area contributed by atoms with Crippen LogP contribution in [0.3, 0.4) is 0 Å². The Morgan fingerprint density at radius 1 is 1.14 bits per heavy atom. The maximum Gasteiger partial charge on any atom is 0.222 e. The molecule has 6 nitrogen and oxygen atoms in total. The number of rotatable bonds is 7. The number of benzene rings is 2. The third-order valence-corrected chi connectivity index (χ3v) is 4.99. The summed E-state index contributed by atoms with van der Waals surface area (Å²) in [5.74, 6) is 1.59. The average molecular weight is 400 g/mol. The van der Waals surface area contributed by atoms with Gasteiger partial charge >= 0.3 is 0 Å². The Labute approximate surface area is 170 Å². The number of hydrogen-bond donors (Lipinski definition) is 2. The molecule has 1 amide bonds. The Morgan fingerprint density at radius 3 is 2.61 bits per heavy atom. The van der Waals surface area contributed by atoms with Gasteiger partial charge in [0.15, 0.2) is 5.11 Å². The van der Waals surface area contributed by atoms with E-state index in [0.717, 1.165) is 29.8 Å². The van der Waals surface area contributed by atoms with Gasteiger partial charge in [-0.2, -0.15) is 0 Å². The van der Waals surface area contributed by atoms with Crippen molar-refractivity contribution in [1.29, 1.82) is 0 Å². The minimum Gasteiger partial charge on any atom is -0.497 e. The van der Waals surface area contributed by atoms with Gasteiger partial charge in [-0.15, -0.1) is 0 Å². The van der Waals surface area contributed by atoms with Crippen molar-refractivity contribution < 1.29 is 14.3 Å². The van der Waals surface area contributed by atoms with Crippen LogP contribution in [0.15, 0.2) is 42.5 Å². The van der Waals surface area contributed by atoms with Gasteiger partial charge in [-0.3, -0.25) is 4.79 Å². The number of carbonyl (C=O) groups excluding carboxylic acids is 1. The van der Waals surface area contributed by atoms with Gasteiger partial charge in [0.05, 0.1) is 19.9 Å². The third kappa shape index (κ3) is 4.92. The zero-order valence-electron chi connectivity index (χ0n) is 16.2. The quantitative estimate of drug-likeness (QED) is 0.697. The van der Waals surface area contributed by atoms with E-state index >= 15 is 0 Å². The van der Waals surface area contributed by atoms with Crippen molar-refractivity contribution in [2.75, 3.05) is 26.1 Å². The lowest BCUT2D eigenvalue weighted by molar-refractivity contribution is -0.128. The Hall–Kier alpha value is -2.80. The van der Waals surface area contributed by atoms with Crippen LogP contribution in [0.1, 0.15) is 24.0 Å². The van der Waals surface area contributed by atoms with E-state index in [1.54, 1.807) is 20.3 Å². The van der Waals surface area contributed by atoms with Crippen molar-refractivity contribution in [3.05, 3.63) is 53.6 Å². The zero-order chi connectivity index (χ0) is 19.9. The predicted molar refractivity (Wildman–Crippen MR) is 114 cm³/mol. The summed E-state index contributed by atoms with van der Waals surface area (Å²) < 4.78 is 10.6. The Kier molecular flexibility index (Phi) is 6.71. The van der Waals surface area contributed by atoms with Crippen molar-refractivity contribution in [1.82, 2.24) is 10.2 Å². The molecule has 0 spiro atoms. The molecule has 2 N–H and O–H groups in total. The highest BCUT2D eigenvalue weighted by atomic mass is 32.1. The van der Waals surface area contributed by atoms with Gasteiger partial charge in [-0.1, -0.05) is 24.3 Å². The van der Waals surface area contributed by atoms with Crippen LogP contribution in [-0.2, 0) is 17.9 Å². The second-order valence-electron chi connectivity index (χ2n) is 6.56. The molecule has 1 saturated heterocycles. The smallest absolute Gasteiger partial charge is 0.222 e. The molecule has 3 rings (SSSR count). The number of anilines is 1. The van der Waals surface area contributed by atoms with Gasteiger partial charge in [0, 0.05) is 32.1 Å².